The molecule has 0 spiro atoms. The Labute approximate surface area is 114 Å². The number of rotatable bonds is 3. The van der Waals surface area contributed by atoms with Gasteiger partial charge in [-0.2, -0.15) is 0 Å². The molecule has 1 heterocycles. The van der Waals surface area contributed by atoms with Gasteiger partial charge in [-0.3, -0.25) is 0 Å². The van der Waals surface area contributed by atoms with E-state index in [4.69, 9.17) is 11.6 Å². The van der Waals surface area contributed by atoms with Crippen molar-refractivity contribution in [2.45, 2.75) is 13.0 Å². The van der Waals surface area contributed by atoms with Crippen molar-refractivity contribution in [2.24, 2.45) is 0 Å². The van der Waals surface area contributed by atoms with Gasteiger partial charge in [-0.1, -0.05) is 17.7 Å². The van der Waals surface area contributed by atoms with Crippen LogP contribution in [0.3, 0.4) is 0 Å². The number of nitrogens with zero attached hydrogens (tertiary/aromatic N) is 3. The van der Waals surface area contributed by atoms with Crippen LogP contribution in [0, 0.1) is 0 Å². The van der Waals surface area contributed by atoms with Crippen molar-refractivity contribution in [3.05, 3.63) is 40.9 Å². The van der Waals surface area contributed by atoms with Crippen molar-refractivity contribution in [1.82, 2.24) is 14.8 Å². The monoisotopic (exact) mass is 281 g/mol. The molecule has 1 atom stereocenters. The zero-order valence-electron chi connectivity index (χ0n) is 10.4. The molecule has 0 amide bonds. The third kappa shape index (κ3) is 2.74. The van der Waals surface area contributed by atoms with E-state index >= 15 is 0 Å². The topological polar surface area (TPSA) is 77.2 Å². The summed E-state index contributed by atoms with van der Waals surface area (Å²) in [5, 5.41) is 13.8. The maximum atomic E-state index is 11.3. The smallest absolute Gasteiger partial charge is 0.377 e. The molecule has 1 aromatic heterocycles. The van der Waals surface area contributed by atoms with Crippen molar-refractivity contribution in [3.8, 4) is 5.69 Å². The first-order valence-electron chi connectivity index (χ1n) is 5.50. The van der Waals surface area contributed by atoms with Crippen LogP contribution in [-0.2, 0) is 4.74 Å². The highest BCUT2D eigenvalue weighted by molar-refractivity contribution is 6.32. The van der Waals surface area contributed by atoms with Gasteiger partial charge in [0.2, 0.25) is 0 Å². The van der Waals surface area contributed by atoms with Crippen LogP contribution >= 0.6 is 11.6 Å². The van der Waals surface area contributed by atoms with Gasteiger partial charge in [-0.25, -0.2) is 14.5 Å². The van der Waals surface area contributed by atoms with Gasteiger partial charge in [-0.05, 0) is 24.6 Å². The fourth-order valence-corrected chi connectivity index (χ4v) is 1.81. The lowest BCUT2D eigenvalue weighted by atomic mass is 10.1. The highest BCUT2D eigenvalue weighted by Gasteiger charge is 2.14. The van der Waals surface area contributed by atoms with Crippen molar-refractivity contribution >= 4 is 17.6 Å². The van der Waals surface area contributed by atoms with Crippen LogP contribution in [0.15, 0.2) is 24.5 Å². The first-order valence-corrected chi connectivity index (χ1v) is 5.88. The van der Waals surface area contributed by atoms with E-state index in [0.29, 0.717) is 16.3 Å². The average Bonchev–Trinajstić information content (AvgIpc) is 2.87. The Kier molecular flexibility index (Phi) is 3.82. The van der Waals surface area contributed by atoms with E-state index in [-0.39, 0.29) is 5.82 Å². The summed E-state index contributed by atoms with van der Waals surface area (Å²) in [6, 6.07) is 5.06. The first kappa shape index (κ1) is 13.5. The first-order chi connectivity index (χ1) is 9.02. The van der Waals surface area contributed by atoms with Crippen molar-refractivity contribution in [1.29, 1.82) is 0 Å². The fraction of sp³-hybridized carbons (Fsp3) is 0.250. The summed E-state index contributed by atoms with van der Waals surface area (Å²) in [5.74, 6) is -0.659. The number of carbonyl (C=O) groups is 1. The largest absolute Gasteiger partial charge is 0.463 e. The summed E-state index contributed by atoms with van der Waals surface area (Å²) < 4.78 is 5.90. The predicted octanol–water partition coefficient (Wildman–Crippen LogP) is 1.76. The van der Waals surface area contributed by atoms with E-state index in [1.807, 2.05) is 0 Å². The van der Waals surface area contributed by atoms with Gasteiger partial charge in [0.15, 0.2) is 0 Å². The number of ether oxygens (including phenoxy) is 1. The quantitative estimate of drug-likeness (QED) is 0.868. The zero-order chi connectivity index (χ0) is 14.0. The van der Waals surface area contributed by atoms with E-state index in [2.05, 4.69) is 14.8 Å². The molecule has 0 aliphatic heterocycles. The standard InChI is InChI=1S/C12H12ClN3O3/c1-7(17)8-3-4-10(9(13)5-8)16-6-14-11(15-16)12(18)19-2/h3-7,17H,1-2H3/t7-/m1/s1. The van der Waals surface area contributed by atoms with Crippen LogP contribution < -0.4 is 0 Å². The number of carbonyl (C=O) groups excluding carboxylic acids is 1. The van der Waals surface area contributed by atoms with Crippen molar-refractivity contribution in [3.63, 3.8) is 0 Å². The van der Waals surface area contributed by atoms with Crippen molar-refractivity contribution in [2.75, 3.05) is 7.11 Å². The molecule has 0 saturated heterocycles. The van der Waals surface area contributed by atoms with Gasteiger partial charge >= 0.3 is 5.97 Å². The molecule has 100 valence electrons. The number of aromatic nitrogens is 3. The van der Waals surface area contributed by atoms with E-state index in [9.17, 15) is 9.90 Å². The summed E-state index contributed by atoms with van der Waals surface area (Å²) in [6.45, 7) is 1.65. The summed E-state index contributed by atoms with van der Waals surface area (Å²) in [5.41, 5.74) is 1.26. The number of hydrogen-bond acceptors (Lipinski definition) is 5. The van der Waals surface area contributed by atoms with Gasteiger partial charge in [0.25, 0.3) is 5.82 Å². The molecular weight excluding hydrogens is 270 g/mol. The molecule has 2 aromatic rings. The van der Waals surface area contributed by atoms with E-state index < -0.39 is 12.1 Å². The lowest BCUT2D eigenvalue weighted by molar-refractivity contribution is 0.0587. The lowest BCUT2D eigenvalue weighted by Gasteiger charge is -2.08. The van der Waals surface area contributed by atoms with Gasteiger partial charge < -0.3 is 9.84 Å². The molecule has 0 unspecified atom stereocenters. The second-order valence-corrected chi connectivity index (χ2v) is 4.30. The van der Waals surface area contributed by atoms with Gasteiger partial charge in [0.05, 0.1) is 23.9 Å². The number of benzene rings is 1. The van der Waals surface area contributed by atoms with Gasteiger partial charge in [-0.15, -0.1) is 5.10 Å². The summed E-state index contributed by atoms with van der Waals surface area (Å²) in [7, 11) is 1.26. The Morgan fingerprint density at radius 2 is 2.26 bits per heavy atom. The van der Waals surface area contributed by atoms with Gasteiger partial charge in [0.1, 0.15) is 6.33 Å². The highest BCUT2D eigenvalue weighted by atomic mass is 35.5. The highest BCUT2D eigenvalue weighted by Crippen LogP contribution is 2.24. The Morgan fingerprint density at radius 1 is 1.53 bits per heavy atom. The Morgan fingerprint density at radius 3 is 2.84 bits per heavy atom. The Bertz CT molecular complexity index is 610. The fourth-order valence-electron chi connectivity index (χ4n) is 1.53. The third-order valence-corrected chi connectivity index (χ3v) is 2.86. The van der Waals surface area contributed by atoms with Crippen LogP contribution in [0.1, 0.15) is 29.2 Å². The van der Waals surface area contributed by atoms with Crippen LogP contribution in [0.25, 0.3) is 5.69 Å². The number of aliphatic hydroxyl groups excluding tert-OH is 1. The Hall–Kier alpha value is -1.92. The SMILES string of the molecule is COC(=O)c1ncn(-c2ccc([C@@H](C)O)cc2Cl)n1. The van der Waals surface area contributed by atoms with Crippen LogP contribution in [-0.4, -0.2) is 33.0 Å². The molecule has 6 nitrogen and oxygen atoms in total. The zero-order valence-corrected chi connectivity index (χ0v) is 11.1. The number of methoxy groups -OCH3 is 1. The van der Waals surface area contributed by atoms with Crippen molar-refractivity contribution < 1.29 is 14.6 Å². The second kappa shape index (κ2) is 5.38. The molecule has 0 radical (unpaired) electrons. The van der Waals surface area contributed by atoms with E-state index in [0.717, 1.165) is 0 Å². The van der Waals surface area contributed by atoms with Crippen LogP contribution in [0.5, 0.6) is 0 Å². The van der Waals surface area contributed by atoms with Gasteiger partial charge in [0, 0.05) is 0 Å². The Balaban J connectivity index is 2.37. The lowest BCUT2D eigenvalue weighted by Crippen LogP contribution is -2.05. The summed E-state index contributed by atoms with van der Waals surface area (Å²) >= 11 is 6.11. The molecule has 0 aliphatic carbocycles. The van der Waals surface area contributed by atoms with E-state index in [1.54, 1.807) is 25.1 Å². The maximum Gasteiger partial charge on any atom is 0.377 e. The molecule has 19 heavy (non-hydrogen) atoms. The maximum absolute atomic E-state index is 11.3. The molecule has 2 rings (SSSR count). The molecule has 0 bridgehead atoms. The number of hydrogen-bond donors (Lipinski definition) is 1. The third-order valence-electron chi connectivity index (χ3n) is 2.56. The number of esters is 1. The molecule has 0 saturated carbocycles. The number of halogens is 1. The molecule has 0 aliphatic rings. The predicted molar refractivity (Wildman–Crippen MR) is 68.3 cm³/mol. The molecule has 1 N–H and O–H groups in total. The molecular formula is C12H12ClN3O3. The minimum Gasteiger partial charge on any atom is -0.463 e. The summed E-state index contributed by atoms with van der Waals surface area (Å²) in [6.07, 6.45) is 0.767. The second-order valence-electron chi connectivity index (χ2n) is 3.89. The van der Waals surface area contributed by atoms with E-state index in [1.165, 1.54) is 18.1 Å². The molecule has 1 aromatic carbocycles. The normalized spacial score (nSPS) is 12.2. The van der Waals surface area contributed by atoms with Crippen LogP contribution in [0.4, 0.5) is 0 Å². The molecule has 0 fully saturated rings. The minimum atomic E-state index is -0.615. The number of aliphatic hydroxyl groups is 1. The summed E-state index contributed by atoms with van der Waals surface area (Å²) in [4.78, 5) is 15.1. The minimum absolute atomic E-state index is 0.0434. The van der Waals surface area contributed by atoms with Crippen LogP contribution in [0.2, 0.25) is 5.02 Å². The molecule has 7 heteroatoms. The average molecular weight is 282 g/mol.